The average Bonchev–Trinajstić information content (AvgIpc) is 2.85. The molecule has 1 aliphatic carbocycles. The van der Waals surface area contributed by atoms with Crippen molar-refractivity contribution in [1.29, 1.82) is 0 Å². The molecule has 1 fully saturated rings. The van der Waals surface area contributed by atoms with Gasteiger partial charge in [0.25, 0.3) is 0 Å². The molecule has 0 spiro atoms. The highest BCUT2D eigenvalue weighted by Crippen LogP contribution is 2.34. The van der Waals surface area contributed by atoms with Gasteiger partial charge in [0.05, 0.1) is 6.20 Å². The predicted octanol–water partition coefficient (Wildman–Crippen LogP) is 0.383. The molecule has 15 heavy (non-hydrogen) atoms. The monoisotopic (exact) mass is 212 g/mol. The molecule has 0 bridgehead atoms. The third kappa shape index (κ3) is 2.12. The van der Waals surface area contributed by atoms with E-state index in [0.29, 0.717) is 5.76 Å². The van der Waals surface area contributed by atoms with Crippen LogP contribution in [0.15, 0.2) is 16.8 Å². The highest BCUT2D eigenvalue weighted by Gasteiger charge is 2.54. The van der Waals surface area contributed by atoms with Gasteiger partial charge >= 0.3 is 5.97 Å². The Balaban J connectivity index is 1.77. The molecular weight excluding hydrogens is 204 g/mol. The first-order valence-corrected chi connectivity index (χ1v) is 4.38. The normalized spacial score (nSPS) is 23.5. The summed E-state index contributed by atoms with van der Waals surface area (Å²) in [6.07, 6.45) is 1.70. The lowest BCUT2D eigenvalue weighted by atomic mass is 10.4. The van der Waals surface area contributed by atoms with Gasteiger partial charge in [0.15, 0.2) is 12.4 Å². The maximum atomic E-state index is 11.2. The highest BCUT2D eigenvalue weighted by atomic mass is 16.6. The number of rotatable bonds is 4. The van der Waals surface area contributed by atoms with Gasteiger partial charge in [-0.2, -0.15) is 0 Å². The number of nitrogens with zero attached hydrogens (tertiary/aromatic N) is 2. The second kappa shape index (κ2) is 3.68. The summed E-state index contributed by atoms with van der Waals surface area (Å²) in [6.45, 7) is -0.0280. The van der Waals surface area contributed by atoms with Crippen LogP contribution >= 0.6 is 0 Å². The highest BCUT2D eigenvalue weighted by molar-refractivity contribution is 5.76. The van der Waals surface area contributed by atoms with E-state index >= 15 is 0 Å². The summed E-state index contributed by atoms with van der Waals surface area (Å²) < 4.78 is 9.51. The van der Waals surface area contributed by atoms with E-state index in [-0.39, 0.29) is 13.0 Å². The minimum Gasteiger partial charge on any atom is -0.457 e. The van der Waals surface area contributed by atoms with Gasteiger partial charge in [-0.15, -0.1) is 0 Å². The fourth-order valence-corrected chi connectivity index (χ4v) is 1.23. The largest absolute Gasteiger partial charge is 0.457 e. The number of esters is 1. The molecule has 0 aliphatic heterocycles. The molecule has 1 aliphatic rings. The molecule has 1 aromatic heterocycles. The van der Waals surface area contributed by atoms with Gasteiger partial charge in [-0.25, -0.2) is 0 Å². The summed E-state index contributed by atoms with van der Waals surface area (Å²) in [4.78, 5) is 21.0. The smallest absolute Gasteiger partial charge is 0.316 e. The molecule has 0 amide bonds. The van der Waals surface area contributed by atoms with Gasteiger partial charge in [-0.05, 0) is 0 Å². The van der Waals surface area contributed by atoms with Crippen molar-refractivity contribution in [3.8, 4) is 0 Å². The second-order valence-corrected chi connectivity index (χ2v) is 3.28. The zero-order valence-corrected chi connectivity index (χ0v) is 7.66. The summed E-state index contributed by atoms with van der Waals surface area (Å²) in [5, 5.41) is 13.7. The topological polar surface area (TPSA) is 95.5 Å². The molecular formula is C8H8N2O5. The second-order valence-electron chi connectivity index (χ2n) is 3.28. The number of nitro groups is 1. The molecule has 0 unspecified atom stereocenters. The number of ether oxygens (including phenoxy) is 1. The molecule has 1 saturated carbocycles. The van der Waals surface area contributed by atoms with E-state index in [1.807, 2.05) is 0 Å². The molecule has 0 N–H and O–H groups in total. The van der Waals surface area contributed by atoms with Crippen LogP contribution in [0.4, 0.5) is 0 Å². The van der Waals surface area contributed by atoms with E-state index < -0.39 is 22.9 Å². The van der Waals surface area contributed by atoms with Crippen LogP contribution in [0.2, 0.25) is 0 Å². The van der Waals surface area contributed by atoms with Crippen molar-refractivity contribution >= 4 is 5.97 Å². The summed E-state index contributed by atoms with van der Waals surface area (Å²) >= 11 is 0. The Morgan fingerprint density at radius 2 is 2.60 bits per heavy atom. The molecule has 0 saturated heterocycles. The van der Waals surface area contributed by atoms with E-state index in [4.69, 9.17) is 9.26 Å². The maximum Gasteiger partial charge on any atom is 0.316 e. The first kappa shape index (κ1) is 9.63. The molecule has 80 valence electrons. The molecule has 2 rings (SSSR count). The van der Waals surface area contributed by atoms with Gasteiger partial charge in [-0.1, -0.05) is 5.16 Å². The lowest BCUT2D eigenvalue weighted by molar-refractivity contribution is -0.497. The first-order valence-electron chi connectivity index (χ1n) is 4.38. The summed E-state index contributed by atoms with van der Waals surface area (Å²) in [7, 11) is 0. The molecule has 1 heterocycles. The van der Waals surface area contributed by atoms with Crippen molar-refractivity contribution in [2.24, 2.45) is 5.92 Å². The van der Waals surface area contributed by atoms with E-state index in [0.717, 1.165) is 0 Å². The third-order valence-electron chi connectivity index (χ3n) is 2.18. The van der Waals surface area contributed by atoms with Gasteiger partial charge in [-0.3, -0.25) is 14.9 Å². The van der Waals surface area contributed by atoms with Crippen LogP contribution in [0.5, 0.6) is 0 Å². The van der Waals surface area contributed by atoms with Crippen molar-refractivity contribution in [2.45, 2.75) is 19.1 Å². The van der Waals surface area contributed by atoms with Gasteiger partial charge < -0.3 is 9.26 Å². The number of carbonyl (C=O) groups excluding carboxylic acids is 1. The quantitative estimate of drug-likeness (QED) is 0.406. The first-order chi connectivity index (χ1) is 7.18. The molecule has 7 heteroatoms. The number of hydrogen-bond acceptors (Lipinski definition) is 6. The van der Waals surface area contributed by atoms with E-state index in [9.17, 15) is 14.9 Å². The van der Waals surface area contributed by atoms with Crippen molar-refractivity contribution < 1.29 is 19.0 Å². The van der Waals surface area contributed by atoms with Gasteiger partial charge in [0.2, 0.25) is 6.04 Å². The summed E-state index contributed by atoms with van der Waals surface area (Å²) in [6, 6.07) is 0.790. The van der Waals surface area contributed by atoms with Crippen LogP contribution < -0.4 is 0 Å². The maximum absolute atomic E-state index is 11.2. The van der Waals surface area contributed by atoms with E-state index in [2.05, 4.69) is 5.16 Å². The van der Waals surface area contributed by atoms with Crippen LogP contribution in [0.25, 0.3) is 0 Å². The zero-order chi connectivity index (χ0) is 10.8. The van der Waals surface area contributed by atoms with Crippen molar-refractivity contribution in [3.63, 3.8) is 0 Å². The Kier molecular flexibility index (Phi) is 2.36. The van der Waals surface area contributed by atoms with Crippen molar-refractivity contribution in [2.75, 3.05) is 0 Å². The minimum absolute atomic E-state index is 0.0280. The average molecular weight is 212 g/mol. The Bertz CT molecular complexity index is 374. The fraction of sp³-hybridized carbons (Fsp3) is 0.500. The molecule has 0 aromatic carbocycles. The fourth-order valence-electron chi connectivity index (χ4n) is 1.23. The van der Waals surface area contributed by atoms with E-state index in [1.165, 1.54) is 6.20 Å². The van der Waals surface area contributed by atoms with Crippen LogP contribution in [0.3, 0.4) is 0 Å². The SMILES string of the molecule is O=C(OCc1ccno1)[C@@H]1C[C@H]1[N+](=O)[O-]. The summed E-state index contributed by atoms with van der Waals surface area (Å²) in [5.74, 6) is -0.724. The lowest BCUT2D eigenvalue weighted by Gasteiger charge is -1.99. The Morgan fingerprint density at radius 1 is 1.80 bits per heavy atom. The van der Waals surface area contributed by atoms with Gasteiger partial charge in [0, 0.05) is 17.4 Å². The number of carbonyl (C=O) groups is 1. The van der Waals surface area contributed by atoms with Crippen LogP contribution in [-0.2, 0) is 16.1 Å². The number of aromatic nitrogens is 1. The lowest BCUT2D eigenvalue weighted by Crippen LogP contribution is -2.13. The minimum atomic E-state index is -0.771. The Hall–Kier alpha value is -1.92. The summed E-state index contributed by atoms with van der Waals surface area (Å²) in [5.41, 5.74) is 0. The molecule has 7 nitrogen and oxygen atoms in total. The Labute approximate surface area is 84.1 Å². The number of hydrogen-bond donors (Lipinski definition) is 0. The molecule has 1 aromatic rings. The van der Waals surface area contributed by atoms with Crippen molar-refractivity contribution in [1.82, 2.24) is 5.16 Å². The van der Waals surface area contributed by atoms with Crippen LogP contribution in [0, 0.1) is 16.0 Å². The third-order valence-corrected chi connectivity index (χ3v) is 2.18. The van der Waals surface area contributed by atoms with Crippen molar-refractivity contribution in [3.05, 3.63) is 28.1 Å². The zero-order valence-electron chi connectivity index (χ0n) is 7.66. The van der Waals surface area contributed by atoms with Crippen LogP contribution in [-0.4, -0.2) is 22.1 Å². The standard InChI is InChI=1S/C8H8N2O5/c11-8(6-3-7(6)10(12)13)14-4-5-1-2-9-15-5/h1-2,6-7H,3-4H2/t6-,7-/m1/s1. The Morgan fingerprint density at radius 3 is 3.13 bits per heavy atom. The van der Waals surface area contributed by atoms with Crippen LogP contribution in [0.1, 0.15) is 12.2 Å². The molecule has 2 atom stereocenters. The predicted molar refractivity (Wildman–Crippen MR) is 45.2 cm³/mol. The van der Waals surface area contributed by atoms with Gasteiger partial charge in [0.1, 0.15) is 5.92 Å². The van der Waals surface area contributed by atoms with E-state index in [1.54, 1.807) is 6.07 Å². The molecule has 0 radical (unpaired) electrons.